The number of hydrogen-bond donors (Lipinski definition) is 1. The smallest absolute Gasteiger partial charge is 0.236 e. The lowest BCUT2D eigenvalue weighted by Gasteiger charge is -2.43. The van der Waals surface area contributed by atoms with E-state index in [1.54, 1.807) is 4.90 Å². The second kappa shape index (κ2) is 6.20. The molecule has 21 heavy (non-hydrogen) atoms. The number of piperazine rings is 2. The lowest BCUT2D eigenvalue weighted by Crippen LogP contribution is -2.61. The fourth-order valence-corrected chi connectivity index (χ4v) is 3.67. The van der Waals surface area contributed by atoms with Gasteiger partial charge in [-0.05, 0) is 13.8 Å². The Balaban J connectivity index is 1.88. The monoisotopic (exact) mass is 318 g/mol. The van der Waals surface area contributed by atoms with Crippen LogP contribution in [-0.2, 0) is 14.8 Å². The van der Waals surface area contributed by atoms with Crippen LogP contribution < -0.4 is 5.32 Å². The summed E-state index contributed by atoms with van der Waals surface area (Å²) in [6.07, 6.45) is 1.22. The van der Waals surface area contributed by atoms with Crippen LogP contribution in [0.15, 0.2) is 0 Å². The number of nitrogens with one attached hydrogen (secondary N) is 1. The summed E-state index contributed by atoms with van der Waals surface area (Å²) in [5.41, 5.74) is -0.0253. The van der Waals surface area contributed by atoms with Gasteiger partial charge >= 0.3 is 0 Å². The average molecular weight is 318 g/mol. The van der Waals surface area contributed by atoms with Crippen molar-refractivity contribution < 1.29 is 13.2 Å². The fraction of sp³-hybridized carbons (Fsp3) is 0.923. The molecule has 2 aliphatic heterocycles. The van der Waals surface area contributed by atoms with Crippen molar-refractivity contribution in [2.75, 3.05) is 58.6 Å². The van der Waals surface area contributed by atoms with Crippen LogP contribution in [0.25, 0.3) is 0 Å². The van der Waals surface area contributed by atoms with Crippen LogP contribution in [0.3, 0.4) is 0 Å². The molecule has 2 fully saturated rings. The van der Waals surface area contributed by atoms with Gasteiger partial charge in [0.1, 0.15) is 0 Å². The van der Waals surface area contributed by atoms with Crippen molar-refractivity contribution in [2.24, 2.45) is 0 Å². The maximum atomic E-state index is 12.4. The van der Waals surface area contributed by atoms with Crippen molar-refractivity contribution in [2.45, 2.75) is 19.4 Å². The van der Waals surface area contributed by atoms with Crippen molar-refractivity contribution in [3.8, 4) is 0 Å². The van der Waals surface area contributed by atoms with Crippen molar-refractivity contribution in [3.63, 3.8) is 0 Å². The first-order valence-corrected chi connectivity index (χ1v) is 9.24. The third-order valence-electron chi connectivity index (χ3n) is 4.36. The zero-order valence-corrected chi connectivity index (χ0v) is 13.9. The van der Waals surface area contributed by atoms with Gasteiger partial charge in [-0.2, -0.15) is 4.31 Å². The highest BCUT2D eigenvalue weighted by atomic mass is 32.2. The van der Waals surface area contributed by atoms with Gasteiger partial charge < -0.3 is 10.2 Å². The minimum Gasteiger partial charge on any atom is -0.339 e. The van der Waals surface area contributed by atoms with E-state index in [0.717, 1.165) is 19.6 Å². The van der Waals surface area contributed by atoms with Crippen LogP contribution >= 0.6 is 0 Å². The van der Waals surface area contributed by atoms with Crippen molar-refractivity contribution >= 4 is 15.9 Å². The molecule has 122 valence electrons. The normalized spacial score (nSPS) is 25.0. The molecule has 0 aromatic heterocycles. The molecule has 0 atom stereocenters. The molecule has 0 spiro atoms. The first-order chi connectivity index (χ1) is 9.70. The number of sulfonamides is 1. The first kappa shape index (κ1) is 16.7. The highest BCUT2D eigenvalue weighted by Crippen LogP contribution is 2.16. The van der Waals surface area contributed by atoms with Gasteiger partial charge in [0.05, 0.1) is 12.8 Å². The van der Waals surface area contributed by atoms with E-state index in [0.29, 0.717) is 32.7 Å². The zero-order chi connectivity index (χ0) is 15.7. The van der Waals surface area contributed by atoms with Gasteiger partial charge in [0, 0.05) is 51.4 Å². The Morgan fingerprint density at radius 1 is 1.14 bits per heavy atom. The van der Waals surface area contributed by atoms with Crippen molar-refractivity contribution in [1.29, 1.82) is 0 Å². The SMILES string of the molecule is CC1(C)CNCCN1CC(=O)N1CCN(S(C)(=O)=O)CC1. The molecule has 2 saturated heterocycles. The van der Waals surface area contributed by atoms with Crippen molar-refractivity contribution in [3.05, 3.63) is 0 Å². The Kier molecular flexibility index (Phi) is 4.92. The predicted octanol–water partition coefficient (Wildman–Crippen LogP) is -1.23. The van der Waals surface area contributed by atoms with Gasteiger partial charge in [-0.1, -0.05) is 0 Å². The van der Waals surface area contributed by atoms with Crippen LogP contribution in [-0.4, -0.2) is 92.6 Å². The molecule has 2 heterocycles. The van der Waals surface area contributed by atoms with Gasteiger partial charge in [-0.3, -0.25) is 9.69 Å². The summed E-state index contributed by atoms with van der Waals surface area (Å²) >= 11 is 0. The van der Waals surface area contributed by atoms with Crippen LogP contribution in [0.5, 0.6) is 0 Å². The highest BCUT2D eigenvalue weighted by Gasteiger charge is 2.33. The van der Waals surface area contributed by atoms with Gasteiger partial charge in [0.2, 0.25) is 15.9 Å². The largest absolute Gasteiger partial charge is 0.339 e. The van der Waals surface area contributed by atoms with Gasteiger partial charge in [0.15, 0.2) is 0 Å². The number of carbonyl (C=O) groups excluding carboxylic acids is 1. The standard InChI is InChI=1S/C13H26N4O3S/c1-13(2)11-14-4-5-16(13)10-12(18)15-6-8-17(9-7-15)21(3,19)20/h14H,4-11H2,1-3H3. The maximum Gasteiger partial charge on any atom is 0.236 e. The zero-order valence-electron chi connectivity index (χ0n) is 13.1. The number of hydrogen-bond acceptors (Lipinski definition) is 5. The van der Waals surface area contributed by atoms with Crippen LogP contribution in [0, 0.1) is 0 Å². The topological polar surface area (TPSA) is 73.0 Å². The molecule has 0 aromatic rings. The molecule has 2 rings (SSSR count). The Bertz CT molecular complexity index is 484. The Hall–Kier alpha value is -0.700. The molecule has 0 saturated carbocycles. The molecule has 0 radical (unpaired) electrons. The van der Waals surface area contributed by atoms with E-state index in [-0.39, 0.29) is 11.4 Å². The molecule has 0 aromatic carbocycles. The second-order valence-corrected chi connectivity index (χ2v) is 8.44. The molecule has 1 amide bonds. The lowest BCUT2D eigenvalue weighted by molar-refractivity contribution is -0.135. The molecule has 7 nitrogen and oxygen atoms in total. The van der Waals surface area contributed by atoms with Crippen molar-refractivity contribution in [1.82, 2.24) is 19.4 Å². The van der Waals surface area contributed by atoms with E-state index < -0.39 is 10.0 Å². The molecule has 0 aliphatic carbocycles. The Morgan fingerprint density at radius 3 is 2.29 bits per heavy atom. The molecular formula is C13H26N4O3S. The van der Waals surface area contributed by atoms with Crippen LogP contribution in [0.1, 0.15) is 13.8 Å². The Labute approximate surface area is 127 Å². The predicted molar refractivity (Wildman–Crippen MR) is 81.5 cm³/mol. The summed E-state index contributed by atoms with van der Waals surface area (Å²) in [7, 11) is -3.14. The lowest BCUT2D eigenvalue weighted by atomic mass is 10.0. The van der Waals surface area contributed by atoms with E-state index in [9.17, 15) is 13.2 Å². The summed E-state index contributed by atoms with van der Waals surface area (Å²) in [6.45, 7) is 9.08. The molecular weight excluding hydrogens is 292 g/mol. The number of amides is 1. The molecule has 0 unspecified atom stereocenters. The van der Waals surface area contributed by atoms with Gasteiger partial charge in [-0.25, -0.2) is 8.42 Å². The minimum atomic E-state index is -3.14. The van der Waals surface area contributed by atoms with Gasteiger partial charge in [-0.15, -0.1) is 0 Å². The quantitative estimate of drug-likeness (QED) is 0.706. The third kappa shape index (κ3) is 4.15. The Morgan fingerprint density at radius 2 is 1.76 bits per heavy atom. The minimum absolute atomic E-state index is 0.0253. The highest BCUT2D eigenvalue weighted by molar-refractivity contribution is 7.88. The molecule has 2 aliphatic rings. The summed E-state index contributed by atoms with van der Waals surface area (Å²) < 4.78 is 24.4. The second-order valence-electron chi connectivity index (χ2n) is 6.45. The fourth-order valence-electron chi connectivity index (χ4n) is 2.85. The molecule has 0 bridgehead atoms. The summed E-state index contributed by atoms with van der Waals surface area (Å²) in [5.74, 6) is 0.0955. The van der Waals surface area contributed by atoms with Gasteiger partial charge in [0.25, 0.3) is 0 Å². The summed E-state index contributed by atoms with van der Waals surface area (Å²) in [4.78, 5) is 16.4. The van der Waals surface area contributed by atoms with E-state index >= 15 is 0 Å². The van der Waals surface area contributed by atoms with Crippen LogP contribution in [0.4, 0.5) is 0 Å². The third-order valence-corrected chi connectivity index (χ3v) is 5.66. The summed E-state index contributed by atoms with van der Waals surface area (Å²) in [6, 6.07) is 0. The first-order valence-electron chi connectivity index (χ1n) is 7.39. The maximum absolute atomic E-state index is 12.4. The van der Waals surface area contributed by atoms with E-state index in [2.05, 4.69) is 24.1 Å². The van der Waals surface area contributed by atoms with E-state index in [1.165, 1.54) is 10.6 Å². The summed E-state index contributed by atoms with van der Waals surface area (Å²) in [5, 5.41) is 3.34. The molecule has 8 heteroatoms. The number of rotatable bonds is 3. The molecule has 1 N–H and O–H groups in total. The van der Waals surface area contributed by atoms with E-state index in [4.69, 9.17) is 0 Å². The van der Waals surface area contributed by atoms with E-state index in [1.807, 2.05) is 0 Å². The number of carbonyl (C=O) groups is 1. The van der Waals surface area contributed by atoms with Crippen LogP contribution in [0.2, 0.25) is 0 Å². The number of nitrogens with zero attached hydrogens (tertiary/aromatic N) is 3. The average Bonchev–Trinajstić information content (AvgIpc) is 2.40.